The first kappa shape index (κ1) is 24.1. The molecule has 0 heterocycles. The van der Waals surface area contributed by atoms with Crippen LogP contribution in [0.25, 0.3) is 0 Å². The van der Waals surface area contributed by atoms with Gasteiger partial charge in [-0.3, -0.25) is 0 Å². The van der Waals surface area contributed by atoms with E-state index in [9.17, 15) is 9.59 Å². The fraction of sp³-hybridized carbons (Fsp3) is 0.440. The van der Waals surface area contributed by atoms with E-state index in [1.807, 2.05) is 24.3 Å². The summed E-state index contributed by atoms with van der Waals surface area (Å²) in [6.45, 7) is 2.82. The van der Waals surface area contributed by atoms with Crippen LogP contribution in [0.1, 0.15) is 78.1 Å². The number of rotatable bonds is 13. The number of esters is 2. The van der Waals surface area contributed by atoms with Crippen molar-refractivity contribution in [3.8, 4) is 0 Å². The molecule has 2 aromatic rings. The van der Waals surface area contributed by atoms with E-state index in [-0.39, 0.29) is 17.7 Å². The summed E-state index contributed by atoms with van der Waals surface area (Å²) in [6.07, 6.45) is 8.69. The summed E-state index contributed by atoms with van der Waals surface area (Å²) in [6, 6.07) is 14.5. The minimum atomic E-state index is -0.506. The van der Waals surface area contributed by atoms with Crippen LogP contribution in [-0.2, 0) is 15.9 Å². The summed E-state index contributed by atoms with van der Waals surface area (Å²) in [5, 5.41) is 0. The average molecular weight is 475 g/mol. The van der Waals surface area contributed by atoms with Crippen molar-refractivity contribution in [1.82, 2.24) is 0 Å². The van der Waals surface area contributed by atoms with E-state index in [2.05, 4.69) is 22.9 Å². The van der Waals surface area contributed by atoms with Crippen molar-refractivity contribution < 1.29 is 19.1 Å². The lowest BCUT2D eigenvalue weighted by atomic mass is 10.1. The van der Waals surface area contributed by atoms with E-state index >= 15 is 0 Å². The smallest absolute Gasteiger partial charge is 0.339 e. The number of carbonyl (C=O) groups excluding carboxylic acids is 2. The van der Waals surface area contributed by atoms with E-state index in [0.717, 1.165) is 22.9 Å². The Morgan fingerprint density at radius 1 is 0.767 bits per heavy atom. The Labute approximate surface area is 188 Å². The number of halogens is 1. The number of hydrogen-bond donors (Lipinski definition) is 0. The summed E-state index contributed by atoms with van der Waals surface area (Å²) >= 11 is 3.43. The summed E-state index contributed by atoms with van der Waals surface area (Å²) in [7, 11) is 0. The molecule has 0 N–H and O–H groups in total. The molecule has 0 aliphatic heterocycles. The summed E-state index contributed by atoms with van der Waals surface area (Å²) in [4.78, 5) is 24.9. The average Bonchev–Trinajstić information content (AvgIpc) is 2.75. The minimum Gasteiger partial charge on any atom is -0.462 e. The Kier molecular flexibility index (Phi) is 11.2. The molecule has 0 aromatic heterocycles. The highest BCUT2D eigenvalue weighted by Crippen LogP contribution is 2.15. The van der Waals surface area contributed by atoms with Gasteiger partial charge in [0.1, 0.15) is 0 Å². The molecule has 30 heavy (non-hydrogen) atoms. The van der Waals surface area contributed by atoms with Crippen molar-refractivity contribution in [2.45, 2.75) is 58.3 Å². The zero-order valence-electron chi connectivity index (χ0n) is 17.7. The molecule has 0 bridgehead atoms. The third-order valence-electron chi connectivity index (χ3n) is 4.86. The molecule has 0 saturated carbocycles. The maximum Gasteiger partial charge on any atom is 0.339 e. The fourth-order valence-corrected chi connectivity index (χ4v) is 3.62. The number of carbonyl (C=O) groups is 2. The molecule has 0 fully saturated rings. The predicted octanol–water partition coefficient (Wildman–Crippen LogP) is 6.76. The second-order valence-corrected chi connectivity index (χ2v) is 8.23. The quantitative estimate of drug-likeness (QED) is 0.237. The second-order valence-electron chi connectivity index (χ2n) is 7.32. The molecule has 0 saturated heterocycles. The van der Waals surface area contributed by atoms with Crippen LogP contribution in [0, 0.1) is 0 Å². The molecular formula is C25H31BrO4. The van der Waals surface area contributed by atoms with Gasteiger partial charge in [0.05, 0.1) is 24.3 Å². The Hall–Kier alpha value is -2.14. The van der Waals surface area contributed by atoms with E-state index in [0.29, 0.717) is 13.0 Å². The first-order chi connectivity index (χ1) is 14.6. The molecule has 2 rings (SSSR count). The lowest BCUT2D eigenvalue weighted by molar-refractivity contribution is 0.0455. The Morgan fingerprint density at radius 3 is 2.00 bits per heavy atom. The highest BCUT2D eigenvalue weighted by molar-refractivity contribution is 9.10. The molecule has 0 unspecified atom stereocenters. The molecule has 4 nitrogen and oxygen atoms in total. The van der Waals surface area contributed by atoms with Crippen molar-refractivity contribution in [1.29, 1.82) is 0 Å². The van der Waals surface area contributed by atoms with Crippen molar-refractivity contribution in [3.05, 3.63) is 69.7 Å². The summed E-state index contributed by atoms with van der Waals surface area (Å²) in [5.41, 5.74) is 1.57. The number of hydrogen-bond acceptors (Lipinski definition) is 4. The maximum atomic E-state index is 12.5. The van der Waals surface area contributed by atoms with Crippen molar-refractivity contribution in [3.63, 3.8) is 0 Å². The van der Waals surface area contributed by atoms with Gasteiger partial charge in [-0.1, -0.05) is 85.6 Å². The molecule has 0 aliphatic carbocycles. The van der Waals surface area contributed by atoms with Crippen LogP contribution in [0.15, 0.2) is 53.0 Å². The van der Waals surface area contributed by atoms with E-state index < -0.39 is 11.9 Å². The number of benzene rings is 2. The van der Waals surface area contributed by atoms with Crippen molar-refractivity contribution in [2.75, 3.05) is 13.2 Å². The monoisotopic (exact) mass is 474 g/mol. The Bertz CT molecular complexity index is 803. The van der Waals surface area contributed by atoms with Crippen molar-refractivity contribution >= 4 is 27.9 Å². The third kappa shape index (κ3) is 8.70. The minimum absolute atomic E-state index is 0.247. The first-order valence-electron chi connectivity index (χ1n) is 10.8. The van der Waals surface area contributed by atoms with Crippen molar-refractivity contribution in [2.24, 2.45) is 0 Å². The van der Waals surface area contributed by atoms with Gasteiger partial charge in [0.2, 0.25) is 0 Å². The normalized spacial score (nSPS) is 10.6. The van der Waals surface area contributed by atoms with Crippen LogP contribution < -0.4 is 0 Å². The molecule has 0 radical (unpaired) electrons. The van der Waals surface area contributed by atoms with Gasteiger partial charge < -0.3 is 9.47 Å². The van der Waals surface area contributed by atoms with Gasteiger partial charge in [-0.15, -0.1) is 0 Å². The van der Waals surface area contributed by atoms with E-state index in [4.69, 9.17) is 9.47 Å². The maximum absolute atomic E-state index is 12.5. The lowest BCUT2D eigenvalue weighted by Gasteiger charge is -2.10. The van der Waals surface area contributed by atoms with Gasteiger partial charge in [0.25, 0.3) is 0 Å². The van der Waals surface area contributed by atoms with Gasteiger partial charge in [-0.2, -0.15) is 0 Å². The molecule has 0 aliphatic rings. The zero-order valence-corrected chi connectivity index (χ0v) is 19.3. The Morgan fingerprint density at radius 2 is 1.37 bits per heavy atom. The molecule has 0 amide bonds. The van der Waals surface area contributed by atoms with Gasteiger partial charge in [-0.05, 0) is 36.2 Å². The van der Waals surface area contributed by atoms with Crippen LogP contribution in [0.5, 0.6) is 0 Å². The molecule has 0 atom stereocenters. The summed E-state index contributed by atoms with van der Waals surface area (Å²) in [5.74, 6) is -0.978. The van der Waals surface area contributed by atoms with Gasteiger partial charge in [-0.25, -0.2) is 9.59 Å². The molecule has 5 heteroatoms. The Balaban J connectivity index is 1.78. The van der Waals surface area contributed by atoms with E-state index in [1.165, 1.54) is 32.1 Å². The third-order valence-corrected chi connectivity index (χ3v) is 5.35. The lowest BCUT2D eigenvalue weighted by Crippen LogP contribution is -2.15. The van der Waals surface area contributed by atoms with Gasteiger partial charge in [0, 0.05) is 10.9 Å². The highest BCUT2D eigenvalue weighted by atomic mass is 79.9. The van der Waals surface area contributed by atoms with Crippen LogP contribution in [-0.4, -0.2) is 25.2 Å². The largest absolute Gasteiger partial charge is 0.462 e. The van der Waals surface area contributed by atoms with Gasteiger partial charge in [0.15, 0.2) is 0 Å². The molecule has 2 aromatic carbocycles. The number of ether oxygens (including phenoxy) is 2. The van der Waals surface area contributed by atoms with Crippen LogP contribution >= 0.6 is 15.9 Å². The van der Waals surface area contributed by atoms with Gasteiger partial charge >= 0.3 is 11.9 Å². The summed E-state index contributed by atoms with van der Waals surface area (Å²) < 4.78 is 11.8. The zero-order chi connectivity index (χ0) is 21.6. The standard InChI is InChI=1S/C25H31BrO4/c1-2-3-4-5-6-7-10-17-29-24(27)22-14-8-9-15-23(22)25(28)30-18-16-20-12-11-13-21(26)19-20/h8-9,11-15,19H,2-7,10,16-18H2,1H3. The molecular weight excluding hydrogens is 444 g/mol. The molecule has 162 valence electrons. The van der Waals surface area contributed by atoms with E-state index in [1.54, 1.807) is 24.3 Å². The topological polar surface area (TPSA) is 52.6 Å². The highest BCUT2D eigenvalue weighted by Gasteiger charge is 2.18. The van der Waals surface area contributed by atoms with Crippen LogP contribution in [0.4, 0.5) is 0 Å². The second kappa shape index (κ2) is 14.0. The predicted molar refractivity (Wildman–Crippen MR) is 123 cm³/mol. The first-order valence-corrected chi connectivity index (χ1v) is 11.6. The SMILES string of the molecule is CCCCCCCCCOC(=O)c1ccccc1C(=O)OCCc1cccc(Br)c1. The molecule has 0 spiro atoms. The van der Waals surface area contributed by atoms with Crippen LogP contribution in [0.2, 0.25) is 0 Å². The van der Waals surface area contributed by atoms with Crippen LogP contribution in [0.3, 0.4) is 0 Å². The fourth-order valence-electron chi connectivity index (χ4n) is 3.17. The number of unbranched alkanes of at least 4 members (excludes halogenated alkanes) is 6.